The predicted molar refractivity (Wildman–Crippen MR) is 104 cm³/mol. The number of pyridine rings is 1. The minimum absolute atomic E-state index is 0.0605. The van der Waals surface area contributed by atoms with E-state index >= 15 is 0 Å². The third-order valence-corrected chi connectivity index (χ3v) is 5.11. The number of imidazole rings is 1. The molecule has 1 saturated carbocycles. The molecule has 2 amide bonds. The number of hydrogen-bond donors (Lipinski definition) is 2. The summed E-state index contributed by atoms with van der Waals surface area (Å²) in [5.41, 5.74) is -0.264. The molecule has 8 heteroatoms. The lowest BCUT2D eigenvalue weighted by atomic mass is 9.95. The highest BCUT2D eigenvalue weighted by atomic mass is 19.1. The highest BCUT2D eigenvalue weighted by Gasteiger charge is 2.25. The van der Waals surface area contributed by atoms with Crippen LogP contribution in [0.3, 0.4) is 0 Å². The molecule has 1 aliphatic rings. The van der Waals surface area contributed by atoms with Crippen LogP contribution in [-0.2, 0) is 0 Å². The van der Waals surface area contributed by atoms with E-state index in [9.17, 15) is 18.4 Å². The van der Waals surface area contributed by atoms with Crippen molar-refractivity contribution in [3.05, 3.63) is 65.7 Å². The molecule has 2 aromatic heterocycles. The Morgan fingerprint density at radius 1 is 0.966 bits per heavy atom. The van der Waals surface area contributed by atoms with Crippen molar-refractivity contribution >= 4 is 23.0 Å². The number of anilines is 1. The summed E-state index contributed by atoms with van der Waals surface area (Å²) >= 11 is 0. The van der Waals surface area contributed by atoms with Crippen molar-refractivity contribution in [2.24, 2.45) is 0 Å². The molecular weight excluding hydrogens is 378 g/mol. The van der Waals surface area contributed by atoms with Gasteiger partial charge in [0.15, 0.2) is 5.69 Å². The van der Waals surface area contributed by atoms with Crippen LogP contribution in [0, 0.1) is 11.6 Å². The fraction of sp³-hybridized carbons (Fsp3) is 0.286. The Morgan fingerprint density at radius 3 is 2.41 bits per heavy atom. The first-order valence-corrected chi connectivity index (χ1v) is 9.58. The first-order valence-electron chi connectivity index (χ1n) is 9.58. The molecule has 0 spiro atoms. The van der Waals surface area contributed by atoms with Gasteiger partial charge in [0.05, 0.1) is 5.52 Å². The van der Waals surface area contributed by atoms with Crippen molar-refractivity contribution in [2.45, 2.75) is 38.1 Å². The van der Waals surface area contributed by atoms with Crippen LogP contribution in [0.5, 0.6) is 0 Å². The van der Waals surface area contributed by atoms with Crippen molar-refractivity contribution in [2.75, 3.05) is 5.32 Å². The van der Waals surface area contributed by atoms with E-state index in [-0.39, 0.29) is 23.5 Å². The third kappa shape index (κ3) is 3.83. The minimum Gasteiger partial charge on any atom is -0.347 e. The fourth-order valence-electron chi connectivity index (χ4n) is 3.65. The first kappa shape index (κ1) is 19.0. The summed E-state index contributed by atoms with van der Waals surface area (Å²) < 4.78 is 29.3. The fourth-order valence-corrected chi connectivity index (χ4v) is 3.65. The second-order valence-corrected chi connectivity index (χ2v) is 7.10. The highest BCUT2D eigenvalue weighted by molar-refractivity contribution is 6.09. The standard InChI is InChI=1S/C21H20F2N4O2/c22-14-9-6-10-15(23)17(14)26-20(28)18-16-11-4-5-12-27(16)19(25-18)21(29)24-13-7-2-1-3-8-13/h4-6,9-13H,1-3,7-8H2,(H,24,29)(H,26,28). The lowest BCUT2D eigenvalue weighted by Crippen LogP contribution is -2.37. The van der Waals surface area contributed by atoms with Crippen LogP contribution in [0.2, 0.25) is 0 Å². The average molecular weight is 398 g/mol. The normalized spacial score (nSPS) is 14.7. The third-order valence-electron chi connectivity index (χ3n) is 5.11. The minimum atomic E-state index is -0.892. The van der Waals surface area contributed by atoms with E-state index in [4.69, 9.17) is 0 Å². The summed E-state index contributed by atoms with van der Waals surface area (Å²) in [5, 5.41) is 5.20. The van der Waals surface area contributed by atoms with Gasteiger partial charge in [0.1, 0.15) is 17.3 Å². The molecule has 0 radical (unpaired) electrons. The molecule has 3 aromatic rings. The van der Waals surface area contributed by atoms with E-state index in [2.05, 4.69) is 15.6 Å². The summed E-state index contributed by atoms with van der Waals surface area (Å²) in [6.07, 6.45) is 6.74. The van der Waals surface area contributed by atoms with E-state index in [0.29, 0.717) is 5.52 Å². The molecule has 150 valence electrons. The van der Waals surface area contributed by atoms with Crippen molar-refractivity contribution in [3.8, 4) is 0 Å². The van der Waals surface area contributed by atoms with Gasteiger partial charge in [-0.25, -0.2) is 13.8 Å². The van der Waals surface area contributed by atoms with Crippen LogP contribution < -0.4 is 10.6 Å². The zero-order valence-corrected chi connectivity index (χ0v) is 15.6. The Bertz CT molecular complexity index is 1050. The van der Waals surface area contributed by atoms with Crippen molar-refractivity contribution in [3.63, 3.8) is 0 Å². The van der Waals surface area contributed by atoms with E-state index in [1.807, 2.05) is 0 Å². The Labute approximate surface area is 165 Å². The molecule has 0 unspecified atom stereocenters. The number of hydrogen-bond acceptors (Lipinski definition) is 3. The molecule has 1 aromatic carbocycles. The molecule has 0 aliphatic heterocycles. The van der Waals surface area contributed by atoms with Crippen LogP contribution in [0.1, 0.15) is 53.2 Å². The summed E-state index contributed by atoms with van der Waals surface area (Å²) in [4.78, 5) is 29.7. The average Bonchev–Trinajstić information content (AvgIpc) is 3.11. The topological polar surface area (TPSA) is 75.5 Å². The molecule has 4 rings (SSSR count). The van der Waals surface area contributed by atoms with Crippen LogP contribution in [0.15, 0.2) is 42.6 Å². The monoisotopic (exact) mass is 398 g/mol. The predicted octanol–water partition coefficient (Wildman–Crippen LogP) is 3.93. The van der Waals surface area contributed by atoms with Gasteiger partial charge in [-0.15, -0.1) is 0 Å². The van der Waals surface area contributed by atoms with Crippen molar-refractivity contribution < 1.29 is 18.4 Å². The molecule has 6 nitrogen and oxygen atoms in total. The maximum Gasteiger partial charge on any atom is 0.287 e. The molecule has 0 bridgehead atoms. The smallest absolute Gasteiger partial charge is 0.287 e. The van der Waals surface area contributed by atoms with Crippen LogP contribution in [-0.4, -0.2) is 27.2 Å². The van der Waals surface area contributed by atoms with Gasteiger partial charge < -0.3 is 10.6 Å². The number of amides is 2. The number of rotatable bonds is 4. The first-order chi connectivity index (χ1) is 14.0. The van der Waals surface area contributed by atoms with Gasteiger partial charge in [0.2, 0.25) is 5.82 Å². The number of aromatic nitrogens is 2. The van der Waals surface area contributed by atoms with E-state index in [0.717, 1.165) is 44.2 Å². The van der Waals surface area contributed by atoms with Crippen LogP contribution in [0.4, 0.5) is 14.5 Å². The van der Waals surface area contributed by atoms with E-state index in [1.54, 1.807) is 24.4 Å². The summed E-state index contributed by atoms with van der Waals surface area (Å²) in [6, 6.07) is 8.42. The van der Waals surface area contributed by atoms with Gasteiger partial charge in [0.25, 0.3) is 11.8 Å². The van der Waals surface area contributed by atoms with E-state index < -0.39 is 23.2 Å². The van der Waals surface area contributed by atoms with Gasteiger partial charge >= 0.3 is 0 Å². The molecule has 1 fully saturated rings. The lowest BCUT2D eigenvalue weighted by molar-refractivity contribution is 0.0916. The largest absolute Gasteiger partial charge is 0.347 e. The highest BCUT2D eigenvalue weighted by Crippen LogP contribution is 2.22. The quantitative estimate of drug-likeness (QED) is 0.699. The molecule has 29 heavy (non-hydrogen) atoms. The SMILES string of the molecule is O=C(Nc1c(F)cccc1F)c1nc(C(=O)NC2CCCCC2)n2ccccc12. The van der Waals surface area contributed by atoms with Gasteiger partial charge in [-0.2, -0.15) is 0 Å². The van der Waals surface area contributed by atoms with Gasteiger partial charge in [-0.1, -0.05) is 31.4 Å². The Morgan fingerprint density at radius 2 is 1.69 bits per heavy atom. The lowest BCUT2D eigenvalue weighted by Gasteiger charge is -2.22. The summed E-state index contributed by atoms with van der Waals surface area (Å²) in [7, 11) is 0. The number of nitrogens with zero attached hydrogens (tertiary/aromatic N) is 2. The number of carbonyl (C=O) groups excluding carboxylic acids is 2. The Kier molecular flexibility index (Phi) is 5.24. The van der Waals surface area contributed by atoms with Gasteiger partial charge in [-0.3, -0.25) is 14.0 Å². The molecule has 0 saturated heterocycles. The van der Waals surface area contributed by atoms with Crippen molar-refractivity contribution in [1.82, 2.24) is 14.7 Å². The Hall–Kier alpha value is -3.29. The zero-order chi connectivity index (χ0) is 20.4. The van der Waals surface area contributed by atoms with E-state index in [1.165, 1.54) is 10.5 Å². The summed E-state index contributed by atoms with van der Waals surface area (Å²) in [6.45, 7) is 0. The second-order valence-electron chi connectivity index (χ2n) is 7.10. The zero-order valence-electron chi connectivity index (χ0n) is 15.6. The second kappa shape index (κ2) is 7.98. The number of carbonyl (C=O) groups is 2. The molecule has 0 atom stereocenters. The molecule has 2 N–H and O–H groups in total. The molecular formula is C21H20F2N4O2. The maximum absolute atomic E-state index is 13.9. The maximum atomic E-state index is 13.9. The van der Waals surface area contributed by atoms with Crippen LogP contribution in [0.25, 0.3) is 5.52 Å². The number of halogens is 2. The van der Waals surface area contributed by atoms with Gasteiger partial charge in [-0.05, 0) is 37.1 Å². The molecule has 1 aliphatic carbocycles. The Balaban J connectivity index is 1.65. The summed E-state index contributed by atoms with van der Waals surface area (Å²) in [5.74, 6) is -2.90. The molecule has 2 heterocycles. The van der Waals surface area contributed by atoms with Gasteiger partial charge in [0, 0.05) is 12.2 Å². The number of benzene rings is 1. The number of para-hydroxylation sites is 1. The van der Waals surface area contributed by atoms with Crippen molar-refractivity contribution in [1.29, 1.82) is 0 Å². The van der Waals surface area contributed by atoms with Crippen LogP contribution >= 0.6 is 0 Å². The number of fused-ring (bicyclic) bond motifs is 1. The number of nitrogens with one attached hydrogen (secondary N) is 2.